The Morgan fingerprint density at radius 3 is 2.23 bits per heavy atom. The Labute approximate surface area is 180 Å². The van der Waals surface area contributed by atoms with E-state index in [1.54, 1.807) is 0 Å². The first-order chi connectivity index (χ1) is 14.5. The number of hydrogen-bond donors (Lipinski definition) is 1. The molecule has 0 bridgehead atoms. The lowest BCUT2D eigenvalue weighted by Gasteiger charge is -2.39. The summed E-state index contributed by atoms with van der Waals surface area (Å²) in [6.45, 7) is 6.07. The van der Waals surface area contributed by atoms with Crippen molar-refractivity contribution in [3.8, 4) is 0 Å². The average Bonchev–Trinajstić information content (AvgIpc) is 2.79. The number of benzene rings is 2. The van der Waals surface area contributed by atoms with E-state index < -0.39 is 5.54 Å². The van der Waals surface area contributed by atoms with Crippen LogP contribution in [0, 0.1) is 0 Å². The maximum absolute atomic E-state index is 13.8. The van der Waals surface area contributed by atoms with E-state index in [0.717, 1.165) is 56.4 Å². The number of nitrogens with one attached hydrogen (secondary N) is 1. The zero-order valence-corrected chi connectivity index (χ0v) is 18.4. The number of anilines is 1. The number of piperazine rings is 1. The first-order valence-corrected chi connectivity index (χ1v) is 10.8. The lowest BCUT2D eigenvalue weighted by atomic mass is 9.79. The number of carbonyl (C=O) groups is 2. The van der Waals surface area contributed by atoms with Crippen LogP contribution in [0.2, 0.25) is 0 Å². The zero-order valence-electron chi connectivity index (χ0n) is 18.4. The van der Waals surface area contributed by atoms with Gasteiger partial charge in [-0.25, -0.2) is 0 Å². The van der Waals surface area contributed by atoms with E-state index in [4.69, 9.17) is 0 Å². The number of ketones is 1. The van der Waals surface area contributed by atoms with E-state index in [0.29, 0.717) is 12.0 Å². The van der Waals surface area contributed by atoms with Crippen molar-refractivity contribution in [2.75, 3.05) is 45.2 Å². The van der Waals surface area contributed by atoms with Crippen LogP contribution in [0.1, 0.15) is 46.0 Å². The van der Waals surface area contributed by atoms with Gasteiger partial charge in [0, 0.05) is 43.0 Å². The highest BCUT2D eigenvalue weighted by Gasteiger charge is 2.40. The summed E-state index contributed by atoms with van der Waals surface area (Å²) in [5, 5.41) is 3.37. The molecule has 1 heterocycles. The van der Waals surface area contributed by atoms with E-state index in [1.165, 1.54) is 5.69 Å². The molecule has 1 atom stereocenters. The van der Waals surface area contributed by atoms with Crippen molar-refractivity contribution in [1.29, 1.82) is 0 Å². The van der Waals surface area contributed by atoms with Gasteiger partial charge in [-0.05, 0) is 56.8 Å². The summed E-state index contributed by atoms with van der Waals surface area (Å²) in [6.07, 6.45) is 3.15. The number of rotatable bonds is 9. The number of nitrogens with zero attached hydrogens (tertiary/aromatic N) is 2. The van der Waals surface area contributed by atoms with Crippen molar-refractivity contribution in [2.24, 2.45) is 0 Å². The average molecular weight is 408 g/mol. The smallest absolute Gasteiger partial charge is 0.183 e. The van der Waals surface area contributed by atoms with E-state index in [-0.39, 0.29) is 5.78 Å². The monoisotopic (exact) mass is 407 g/mol. The summed E-state index contributed by atoms with van der Waals surface area (Å²) < 4.78 is 0. The predicted molar refractivity (Wildman–Crippen MR) is 123 cm³/mol. The van der Waals surface area contributed by atoms with Crippen LogP contribution in [0.4, 0.5) is 5.69 Å². The van der Waals surface area contributed by atoms with Crippen molar-refractivity contribution < 1.29 is 9.59 Å². The number of aldehydes is 1. The molecule has 1 unspecified atom stereocenters. The van der Waals surface area contributed by atoms with Crippen molar-refractivity contribution in [2.45, 2.75) is 31.7 Å². The Balaban J connectivity index is 1.88. The maximum atomic E-state index is 13.8. The van der Waals surface area contributed by atoms with Crippen LogP contribution >= 0.6 is 0 Å². The molecule has 5 nitrogen and oxygen atoms in total. The third kappa shape index (κ3) is 4.79. The molecule has 0 aliphatic carbocycles. The number of carbonyl (C=O) groups excluding carboxylic acids is 2. The molecule has 0 radical (unpaired) electrons. The number of Topliss-reactive ketones (excluding diaryl/α,β-unsaturated/α-hetero) is 1. The Kier molecular flexibility index (Phi) is 7.40. The highest BCUT2D eigenvalue weighted by molar-refractivity contribution is 6.03. The van der Waals surface area contributed by atoms with Crippen LogP contribution in [0.5, 0.6) is 0 Å². The molecule has 0 aromatic heterocycles. The molecule has 30 heavy (non-hydrogen) atoms. The quantitative estimate of drug-likeness (QED) is 0.510. The lowest BCUT2D eigenvalue weighted by molar-refractivity contribution is 0.0651. The Morgan fingerprint density at radius 1 is 1.07 bits per heavy atom. The van der Waals surface area contributed by atoms with Gasteiger partial charge in [-0.3, -0.25) is 14.5 Å². The molecule has 2 aromatic carbocycles. The van der Waals surface area contributed by atoms with Crippen LogP contribution < -0.4 is 10.2 Å². The van der Waals surface area contributed by atoms with Gasteiger partial charge < -0.3 is 10.2 Å². The summed E-state index contributed by atoms with van der Waals surface area (Å²) in [7, 11) is 3.98. The van der Waals surface area contributed by atoms with E-state index in [2.05, 4.69) is 34.2 Å². The second-order valence-corrected chi connectivity index (χ2v) is 8.33. The topological polar surface area (TPSA) is 52.7 Å². The third-order valence-corrected chi connectivity index (χ3v) is 6.17. The molecule has 1 saturated heterocycles. The fourth-order valence-corrected chi connectivity index (χ4v) is 4.35. The number of hydrogen-bond acceptors (Lipinski definition) is 5. The molecular weight excluding hydrogens is 374 g/mol. The van der Waals surface area contributed by atoms with Crippen molar-refractivity contribution in [3.05, 3.63) is 65.2 Å². The number of likely N-dealkylation sites (N-methyl/N-ethyl adjacent to an activating group) is 1. The summed E-state index contributed by atoms with van der Waals surface area (Å²) in [5.74, 6) is 0.153. The van der Waals surface area contributed by atoms with Gasteiger partial charge in [0.1, 0.15) is 6.29 Å². The summed E-state index contributed by atoms with van der Waals surface area (Å²) in [4.78, 5) is 29.2. The van der Waals surface area contributed by atoms with Crippen molar-refractivity contribution in [1.82, 2.24) is 10.2 Å². The minimum absolute atomic E-state index is 0.153. The Bertz CT molecular complexity index is 840. The van der Waals surface area contributed by atoms with Crippen LogP contribution in [0.15, 0.2) is 48.5 Å². The molecule has 1 aliphatic heterocycles. The fraction of sp³-hybridized carbons (Fsp3) is 0.440. The molecule has 0 amide bonds. The second kappa shape index (κ2) is 10.0. The highest BCUT2D eigenvalue weighted by atomic mass is 16.1. The minimum Gasteiger partial charge on any atom is -0.369 e. The molecule has 2 aromatic rings. The van der Waals surface area contributed by atoms with Gasteiger partial charge in [0.25, 0.3) is 0 Å². The van der Waals surface area contributed by atoms with E-state index in [9.17, 15) is 9.59 Å². The fourth-order valence-electron chi connectivity index (χ4n) is 4.35. The molecule has 1 fully saturated rings. The van der Waals surface area contributed by atoms with Gasteiger partial charge in [0.15, 0.2) is 5.78 Å². The molecule has 3 rings (SSSR count). The molecule has 160 valence electrons. The molecular formula is C25H33N3O2. The molecule has 5 heteroatoms. The summed E-state index contributed by atoms with van der Waals surface area (Å²) in [5.41, 5.74) is 3.02. The summed E-state index contributed by atoms with van der Waals surface area (Å²) >= 11 is 0. The van der Waals surface area contributed by atoms with Gasteiger partial charge in [0.2, 0.25) is 0 Å². The molecule has 0 saturated carbocycles. The van der Waals surface area contributed by atoms with Gasteiger partial charge in [-0.1, -0.05) is 37.6 Å². The first-order valence-electron chi connectivity index (χ1n) is 10.8. The van der Waals surface area contributed by atoms with E-state index >= 15 is 0 Å². The van der Waals surface area contributed by atoms with Gasteiger partial charge in [-0.15, -0.1) is 0 Å². The molecule has 1 aliphatic rings. The van der Waals surface area contributed by atoms with Crippen LogP contribution in [-0.4, -0.2) is 62.8 Å². The van der Waals surface area contributed by atoms with Gasteiger partial charge in [0.05, 0.1) is 5.54 Å². The maximum Gasteiger partial charge on any atom is 0.183 e. The Hall–Kier alpha value is -2.50. The van der Waals surface area contributed by atoms with Crippen LogP contribution in [0.25, 0.3) is 0 Å². The Morgan fingerprint density at radius 2 is 1.70 bits per heavy atom. The highest BCUT2D eigenvalue weighted by Crippen LogP contribution is 2.30. The van der Waals surface area contributed by atoms with Crippen LogP contribution in [0.3, 0.4) is 0 Å². The second-order valence-electron chi connectivity index (χ2n) is 8.33. The largest absolute Gasteiger partial charge is 0.369 e. The molecule has 0 spiro atoms. The summed E-state index contributed by atoms with van der Waals surface area (Å²) in [6, 6.07) is 15.7. The van der Waals surface area contributed by atoms with Gasteiger partial charge in [-0.2, -0.15) is 0 Å². The standard InChI is InChI=1S/C25H33N3O2/c1-4-13-25(27(2)3,18-20-5-7-21(19-29)8-6-20)24(30)22-9-11-23(12-10-22)28-16-14-26-15-17-28/h5-12,19,26H,4,13-18H2,1-3H3. The van der Waals surface area contributed by atoms with E-state index in [1.807, 2.05) is 50.5 Å². The van der Waals surface area contributed by atoms with Gasteiger partial charge >= 0.3 is 0 Å². The van der Waals surface area contributed by atoms with Crippen molar-refractivity contribution >= 4 is 17.8 Å². The third-order valence-electron chi connectivity index (χ3n) is 6.17. The lowest BCUT2D eigenvalue weighted by Crippen LogP contribution is -2.53. The first kappa shape index (κ1) is 22.2. The molecule has 1 N–H and O–H groups in total. The zero-order chi connectivity index (χ0) is 21.6. The normalized spacial score (nSPS) is 16.3. The van der Waals surface area contributed by atoms with Crippen LogP contribution in [-0.2, 0) is 6.42 Å². The predicted octanol–water partition coefficient (Wildman–Crippen LogP) is 3.43. The van der Waals surface area contributed by atoms with Crippen molar-refractivity contribution in [3.63, 3.8) is 0 Å². The minimum atomic E-state index is -0.617. The SMILES string of the molecule is CCCC(Cc1ccc(C=O)cc1)(C(=O)c1ccc(N2CCNCC2)cc1)N(C)C.